The molecule has 1 N–H and O–H groups in total. The lowest BCUT2D eigenvalue weighted by molar-refractivity contribution is 0.110. The van der Waals surface area contributed by atoms with E-state index >= 15 is 0 Å². The highest BCUT2D eigenvalue weighted by atomic mass is 16.5. The zero-order valence-corrected chi connectivity index (χ0v) is 8.83. The van der Waals surface area contributed by atoms with E-state index in [9.17, 15) is 5.11 Å². The highest BCUT2D eigenvalue weighted by Crippen LogP contribution is 2.16. The highest BCUT2D eigenvalue weighted by Gasteiger charge is 2.18. The Balaban J connectivity index is 1.86. The van der Waals surface area contributed by atoms with Crippen LogP contribution in [0.2, 0.25) is 0 Å². The number of aromatic nitrogens is 3. The molecular formula is C11H13N3O2. The van der Waals surface area contributed by atoms with E-state index < -0.39 is 0 Å². The van der Waals surface area contributed by atoms with Gasteiger partial charge in [0, 0.05) is 13.0 Å². The van der Waals surface area contributed by atoms with Crippen LogP contribution in [0.3, 0.4) is 0 Å². The molecule has 2 aromatic heterocycles. The third kappa shape index (κ3) is 1.74. The Morgan fingerprint density at radius 2 is 2.44 bits per heavy atom. The summed E-state index contributed by atoms with van der Waals surface area (Å²) in [5, 5.41) is 13.6. The van der Waals surface area contributed by atoms with Gasteiger partial charge in [-0.05, 0) is 25.0 Å². The van der Waals surface area contributed by atoms with Crippen LogP contribution in [0, 0.1) is 0 Å². The first-order chi connectivity index (χ1) is 7.81. The monoisotopic (exact) mass is 219 g/mol. The molecule has 0 spiro atoms. The van der Waals surface area contributed by atoms with Crippen LogP contribution in [0.4, 0.5) is 0 Å². The first kappa shape index (κ1) is 9.59. The summed E-state index contributed by atoms with van der Waals surface area (Å²) in [6, 6.07) is 3.36. The molecule has 0 radical (unpaired) electrons. The van der Waals surface area contributed by atoms with Gasteiger partial charge in [-0.3, -0.25) is 0 Å². The van der Waals surface area contributed by atoms with Crippen LogP contribution < -0.4 is 0 Å². The number of nitrogens with zero attached hydrogens (tertiary/aromatic N) is 3. The van der Waals surface area contributed by atoms with Gasteiger partial charge in [0.1, 0.15) is 5.75 Å². The second kappa shape index (κ2) is 3.75. The Bertz CT molecular complexity index is 503. The second-order valence-corrected chi connectivity index (χ2v) is 4.06. The summed E-state index contributed by atoms with van der Waals surface area (Å²) in [6.45, 7) is 0.846. The molecule has 3 heterocycles. The normalized spacial score (nSPS) is 20.6. The first-order valence-electron chi connectivity index (χ1n) is 5.47. The Morgan fingerprint density at radius 3 is 3.25 bits per heavy atom. The number of pyridine rings is 1. The molecule has 84 valence electrons. The number of ether oxygens (including phenoxy) is 1. The molecule has 1 fully saturated rings. The molecule has 2 aromatic rings. The maximum absolute atomic E-state index is 9.31. The highest BCUT2D eigenvalue weighted by molar-refractivity contribution is 5.40. The van der Waals surface area contributed by atoms with Gasteiger partial charge in [0.15, 0.2) is 11.5 Å². The zero-order chi connectivity index (χ0) is 11.0. The molecule has 1 unspecified atom stereocenters. The number of hydrogen-bond donors (Lipinski definition) is 1. The van der Waals surface area contributed by atoms with E-state index in [4.69, 9.17) is 4.74 Å². The van der Waals surface area contributed by atoms with Crippen molar-refractivity contribution >= 4 is 5.65 Å². The fourth-order valence-electron chi connectivity index (χ4n) is 2.01. The minimum absolute atomic E-state index is 0.195. The fraction of sp³-hybridized carbons (Fsp3) is 0.455. The summed E-state index contributed by atoms with van der Waals surface area (Å²) >= 11 is 0. The van der Waals surface area contributed by atoms with Gasteiger partial charge in [-0.25, -0.2) is 9.50 Å². The molecule has 5 nitrogen and oxygen atoms in total. The van der Waals surface area contributed by atoms with Crippen LogP contribution in [0.15, 0.2) is 18.3 Å². The number of rotatable bonds is 2. The molecule has 0 aromatic carbocycles. The van der Waals surface area contributed by atoms with Gasteiger partial charge >= 0.3 is 0 Å². The minimum Gasteiger partial charge on any atom is -0.506 e. The summed E-state index contributed by atoms with van der Waals surface area (Å²) in [7, 11) is 0. The van der Waals surface area contributed by atoms with Crippen LogP contribution >= 0.6 is 0 Å². The number of aromatic hydroxyl groups is 1. The molecule has 0 bridgehead atoms. The molecule has 1 atom stereocenters. The van der Waals surface area contributed by atoms with Crippen molar-refractivity contribution < 1.29 is 9.84 Å². The summed E-state index contributed by atoms with van der Waals surface area (Å²) < 4.78 is 7.13. The van der Waals surface area contributed by atoms with Gasteiger partial charge < -0.3 is 9.84 Å². The van der Waals surface area contributed by atoms with E-state index in [0.717, 1.165) is 37.3 Å². The van der Waals surface area contributed by atoms with Crippen LogP contribution in [0.25, 0.3) is 5.65 Å². The molecule has 0 saturated carbocycles. The van der Waals surface area contributed by atoms with Crippen molar-refractivity contribution in [1.82, 2.24) is 14.6 Å². The minimum atomic E-state index is 0.195. The summed E-state index contributed by atoms with van der Waals surface area (Å²) in [5.41, 5.74) is 0.755. The van der Waals surface area contributed by atoms with Gasteiger partial charge in [0.2, 0.25) is 0 Å². The van der Waals surface area contributed by atoms with E-state index in [1.54, 1.807) is 22.8 Å². The Labute approximate surface area is 92.7 Å². The Hall–Kier alpha value is -1.62. The lowest BCUT2D eigenvalue weighted by Gasteiger charge is -2.04. The van der Waals surface area contributed by atoms with Crippen LogP contribution in [-0.4, -0.2) is 32.4 Å². The molecule has 1 saturated heterocycles. The van der Waals surface area contributed by atoms with Gasteiger partial charge in [0.25, 0.3) is 0 Å². The van der Waals surface area contributed by atoms with E-state index in [1.165, 1.54) is 0 Å². The molecule has 1 aliphatic heterocycles. The standard InChI is InChI=1S/C11H13N3O2/c15-8-3-4-11-12-10(13-14(11)7-8)6-9-2-1-5-16-9/h3-4,7,9,15H,1-2,5-6H2. The summed E-state index contributed by atoms with van der Waals surface area (Å²) in [4.78, 5) is 4.38. The van der Waals surface area contributed by atoms with Crippen molar-refractivity contribution in [3.63, 3.8) is 0 Å². The molecule has 1 aliphatic rings. The van der Waals surface area contributed by atoms with Gasteiger partial charge in [-0.15, -0.1) is 0 Å². The molecule has 0 amide bonds. The molecule has 3 rings (SSSR count). The Kier molecular flexibility index (Phi) is 2.25. The molecule has 0 aliphatic carbocycles. The quantitative estimate of drug-likeness (QED) is 0.823. The van der Waals surface area contributed by atoms with E-state index in [0.29, 0.717) is 0 Å². The van der Waals surface area contributed by atoms with Gasteiger partial charge in [-0.2, -0.15) is 5.10 Å². The molecule has 16 heavy (non-hydrogen) atoms. The second-order valence-electron chi connectivity index (χ2n) is 4.06. The summed E-state index contributed by atoms with van der Waals surface area (Å²) in [5.74, 6) is 0.971. The van der Waals surface area contributed by atoms with Crippen LogP contribution in [0.1, 0.15) is 18.7 Å². The first-order valence-corrected chi connectivity index (χ1v) is 5.47. The average Bonchev–Trinajstić information content (AvgIpc) is 2.86. The SMILES string of the molecule is Oc1ccc2nc(CC3CCCO3)nn2c1. The third-order valence-corrected chi connectivity index (χ3v) is 2.79. The van der Waals surface area contributed by atoms with Crippen molar-refractivity contribution in [2.45, 2.75) is 25.4 Å². The van der Waals surface area contributed by atoms with E-state index in [-0.39, 0.29) is 11.9 Å². The van der Waals surface area contributed by atoms with Crippen LogP contribution in [0.5, 0.6) is 5.75 Å². The van der Waals surface area contributed by atoms with Crippen molar-refractivity contribution in [2.75, 3.05) is 6.61 Å². The molecular weight excluding hydrogens is 206 g/mol. The predicted octanol–water partition coefficient (Wildman–Crippen LogP) is 1.16. The number of hydrogen-bond acceptors (Lipinski definition) is 4. The lowest BCUT2D eigenvalue weighted by atomic mass is 10.2. The van der Waals surface area contributed by atoms with Gasteiger partial charge in [0.05, 0.1) is 12.3 Å². The van der Waals surface area contributed by atoms with E-state index in [1.807, 2.05) is 0 Å². The van der Waals surface area contributed by atoms with Crippen LogP contribution in [-0.2, 0) is 11.2 Å². The fourth-order valence-corrected chi connectivity index (χ4v) is 2.01. The topological polar surface area (TPSA) is 59.7 Å². The van der Waals surface area contributed by atoms with E-state index in [2.05, 4.69) is 10.1 Å². The summed E-state index contributed by atoms with van der Waals surface area (Å²) in [6.07, 6.45) is 4.77. The Morgan fingerprint density at radius 1 is 1.50 bits per heavy atom. The smallest absolute Gasteiger partial charge is 0.155 e. The largest absolute Gasteiger partial charge is 0.506 e. The average molecular weight is 219 g/mol. The molecule has 5 heteroatoms. The van der Waals surface area contributed by atoms with Crippen molar-refractivity contribution in [3.05, 3.63) is 24.2 Å². The lowest BCUT2D eigenvalue weighted by Crippen LogP contribution is -2.10. The van der Waals surface area contributed by atoms with Gasteiger partial charge in [-0.1, -0.05) is 0 Å². The maximum atomic E-state index is 9.31. The maximum Gasteiger partial charge on any atom is 0.155 e. The van der Waals surface area contributed by atoms with Crippen molar-refractivity contribution in [1.29, 1.82) is 0 Å². The zero-order valence-electron chi connectivity index (χ0n) is 8.83. The van der Waals surface area contributed by atoms with Crippen molar-refractivity contribution in [3.8, 4) is 5.75 Å². The number of fused-ring (bicyclic) bond motifs is 1. The third-order valence-electron chi connectivity index (χ3n) is 2.79. The van der Waals surface area contributed by atoms with Crippen molar-refractivity contribution in [2.24, 2.45) is 0 Å². The predicted molar refractivity (Wildman–Crippen MR) is 57.3 cm³/mol.